The van der Waals surface area contributed by atoms with E-state index in [1.165, 1.54) is 0 Å². The average Bonchev–Trinajstić information content (AvgIpc) is 3.02. The lowest BCUT2D eigenvalue weighted by Crippen LogP contribution is -2.48. The van der Waals surface area contributed by atoms with E-state index in [9.17, 15) is 16.8 Å². The quantitative estimate of drug-likeness (QED) is 0.534. The summed E-state index contributed by atoms with van der Waals surface area (Å²) in [5.74, 6) is 0.869. The number of thiocarbonyl (C=S) groups is 2. The van der Waals surface area contributed by atoms with Gasteiger partial charge < -0.3 is 20.7 Å². The monoisotopic (exact) mass is 491 g/mol. The number of sulfone groups is 2. The van der Waals surface area contributed by atoms with Gasteiger partial charge in [-0.3, -0.25) is 0 Å². The van der Waals surface area contributed by atoms with E-state index in [0.717, 1.165) is 0 Å². The predicted molar refractivity (Wildman–Crippen MR) is 126 cm³/mol. The van der Waals surface area contributed by atoms with Gasteiger partial charge in [-0.25, -0.2) is 16.8 Å². The van der Waals surface area contributed by atoms with Crippen LogP contribution in [-0.2, 0) is 19.7 Å². The summed E-state index contributed by atoms with van der Waals surface area (Å²) in [4.78, 5) is 0. The molecule has 2 aliphatic rings. The van der Waals surface area contributed by atoms with E-state index in [4.69, 9.17) is 29.2 Å². The minimum Gasteiger partial charge on any atom is -0.432 e. The smallest absolute Gasteiger partial charge is 0.262 e. The van der Waals surface area contributed by atoms with Crippen molar-refractivity contribution in [3.8, 4) is 5.75 Å². The number of hydrogen-bond acceptors (Lipinski definition) is 7. The molecular weight excluding hydrogens is 466 g/mol. The van der Waals surface area contributed by atoms with Gasteiger partial charge in [-0.15, -0.1) is 0 Å². The number of ether oxygens (including phenoxy) is 1. The molecule has 0 aromatic heterocycles. The molecule has 2 fully saturated rings. The number of nitrogens with one attached hydrogen (secondary N) is 3. The Bertz CT molecular complexity index is 971. The second-order valence-electron chi connectivity index (χ2n) is 8.42. The van der Waals surface area contributed by atoms with Crippen LogP contribution in [0.1, 0.15) is 26.7 Å². The minimum atomic E-state index is -3.05. The van der Waals surface area contributed by atoms with Gasteiger partial charge in [-0.2, -0.15) is 0 Å². The molecule has 3 N–H and O–H groups in total. The number of rotatable bonds is 4. The van der Waals surface area contributed by atoms with Crippen molar-refractivity contribution in [3.05, 3.63) is 24.3 Å². The lowest BCUT2D eigenvalue weighted by molar-refractivity contribution is 0.425. The second-order valence-corrected chi connectivity index (χ2v) is 13.6. The first-order chi connectivity index (χ1) is 13.8. The molecule has 0 amide bonds. The Kier molecular flexibility index (Phi) is 6.34. The fraction of sp³-hybridized carbons (Fsp3) is 0.556. The van der Waals surface area contributed by atoms with Crippen LogP contribution in [0.5, 0.6) is 5.75 Å². The third-order valence-electron chi connectivity index (χ3n) is 5.15. The Balaban J connectivity index is 1.51. The van der Waals surface area contributed by atoms with Crippen LogP contribution in [0.4, 0.5) is 5.69 Å². The maximum atomic E-state index is 11.7. The van der Waals surface area contributed by atoms with Gasteiger partial charge in [0.05, 0.1) is 34.1 Å². The molecule has 2 unspecified atom stereocenters. The van der Waals surface area contributed by atoms with Crippen LogP contribution in [0.25, 0.3) is 0 Å². The summed E-state index contributed by atoms with van der Waals surface area (Å²) in [6.45, 7) is 3.65. The molecule has 1 aromatic carbocycles. The first kappa shape index (κ1) is 23.2. The Labute approximate surface area is 188 Å². The van der Waals surface area contributed by atoms with Gasteiger partial charge in [-0.05, 0) is 75.4 Å². The van der Waals surface area contributed by atoms with Gasteiger partial charge in [0.25, 0.3) is 5.17 Å². The van der Waals surface area contributed by atoms with Crippen molar-refractivity contribution >= 4 is 60.1 Å². The lowest BCUT2D eigenvalue weighted by atomic mass is 10.0. The summed E-state index contributed by atoms with van der Waals surface area (Å²) in [6.07, 6.45) is 0.987. The van der Waals surface area contributed by atoms with Crippen LogP contribution in [0.15, 0.2) is 24.3 Å². The number of benzene rings is 1. The largest absolute Gasteiger partial charge is 0.432 e. The topological polar surface area (TPSA) is 114 Å². The van der Waals surface area contributed by atoms with E-state index in [2.05, 4.69) is 16.0 Å². The van der Waals surface area contributed by atoms with E-state index in [-0.39, 0.29) is 28.2 Å². The highest BCUT2D eigenvalue weighted by Gasteiger charge is 2.39. The van der Waals surface area contributed by atoms with Crippen molar-refractivity contribution in [2.24, 2.45) is 0 Å². The van der Waals surface area contributed by atoms with Gasteiger partial charge >= 0.3 is 0 Å². The van der Waals surface area contributed by atoms with Crippen LogP contribution in [-0.4, -0.2) is 61.2 Å². The molecule has 1 aromatic rings. The molecule has 30 heavy (non-hydrogen) atoms. The fourth-order valence-electron chi connectivity index (χ4n) is 3.64. The van der Waals surface area contributed by atoms with Crippen molar-refractivity contribution in [3.63, 3.8) is 0 Å². The average molecular weight is 492 g/mol. The zero-order valence-electron chi connectivity index (χ0n) is 16.7. The summed E-state index contributed by atoms with van der Waals surface area (Å²) in [5, 5.41) is 9.57. The summed E-state index contributed by atoms with van der Waals surface area (Å²) >= 11 is 10.5. The molecule has 0 saturated carbocycles. The summed E-state index contributed by atoms with van der Waals surface area (Å²) in [6, 6.07) is 6.91. The zero-order chi connectivity index (χ0) is 22.2. The molecular formula is C18H25N3O5S4. The van der Waals surface area contributed by atoms with Crippen LogP contribution < -0.4 is 20.7 Å². The molecule has 8 nitrogen and oxygen atoms in total. The molecule has 2 atom stereocenters. The van der Waals surface area contributed by atoms with E-state index in [1.54, 1.807) is 24.3 Å². The summed E-state index contributed by atoms with van der Waals surface area (Å²) in [5.41, 5.74) is -0.496. The highest BCUT2D eigenvalue weighted by Crippen LogP contribution is 2.24. The first-order valence-electron chi connectivity index (χ1n) is 9.37. The fourth-order valence-corrected chi connectivity index (χ4v) is 8.53. The van der Waals surface area contributed by atoms with E-state index in [0.29, 0.717) is 29.4 Å². The van der Waals surface area contributed by atoms with Crippen molar-refractivity contribution < 1.29 is 21.6 Å². The second kappa shape index (κ2) is 8.21. The SMILES string of the molecule is CC1(NC(=S)Nc2ccc(OC(=S)NC3(C)CCS(=O)(=O)C3)cc2)CCS(=O)(=O)C1. The molecule has 0 spiro atoms. The molecule has 12 heteroatoms. The Morgan fingerprint density at radius 2 is 1.40 bits per heavy atom. The molecule has 166 valence electrons. The third kappa shape index (κ3) is 6.25. The highest BCUT2D eigenvalue weighted by atomic mass is 32.2. The van der Waals surface area contributed by atoms with Gasteiger partial charge in [0, 0.05) is 5.69 Å². The molecule has 0 radical (unpaired) electrons. The minimum absolute atomic E-state index is 0.0248. The van der Waals surface area contributed by atoms with E-state index in [1.807, 2.05) is 13.8 Å². The molecule has 2 aliphatic heterocycles. The summed E-state index contributed by atoms with van der Waals surface area (Å²) < 4.78 is 52.4. The van der Waals surface area contributed by atoms with Crippen molar-refractivity contribution in [2.75, 3.05) is 28.3 Å². The Morgan fingerprint density at radius 1 is 0.900 bits per heavy atom. The van der Waals surface area contributed by atoms with E-state index < -0.39 is 30.8 Å². The number of hydrogen-bond donors (Lipinski definition) is 3. The normalized spacial score (nSPS) is 29.1. The third-order valence-corrected chi connectivity index (χ3v) is 9.34. The van der Waals surface area contributed by atoms with Gasteiger partial charge in [0.1, 0.15) is 5.75 Å². The van der Waals surface area contributed by atoms with Crippen LogP contribution in [0, 0.1) is 0 Å². The molecule has 0 bridgehead atoms. The molecule has 3 rings (SSSR count). The summed E-state index contributed by atoms with van der Waals surface area (Å²) in [7, 11) is -6.07. The zero-order valence-corrected chi connectivity index (χ0v) is 20.0. The Hall–Kier alpha value is -1.50. The van der Waals surface area contributed by atoms with Crippen LogP contribution in [0.2, 0.25) is 0 Å². The van der Waals surface area contributed by atoms with Crippen molar-refractivity contribution in [1.29, 1.82) is 0 Å². The maximum Gasteiger partial charge on any atom is 0.262 e. The molecule has 0 aliphatic carbocycles. The Morgan fingerprint density at radius 3 is 1.87 bits per heavy atom. The first-order valence-corrected chi connectivity index (χ1v) is 13.8. The standard InChI is InChI=1S/C18H25N3O5S4/c1-17(7-9-29(22,23)11-17)20-15(27)19-13-3-5-14(6-4-13)26-16(28)21-18(2)8-10-30(24,25)12-18/h3-6H,7-12H2,1-2H3,(H,21,28)(H2,19,20,27). The lowest BCUT2D eigenvalue weighted by Gasteiger charge is -2.26. The molecule has 2 saturated heterocycles. The van der Waals surface area contributed by atoms with Crippen molar-refractivity contribution in [2.45, 2.75) is 37.8 Å². The van der Waals surface area contributed by atoms with Gasteiger partial charge in [0.2, 0.25) is 0 Å². The van der Waals surface area contributed by atoms with Gasteiger partial charge in [0.15, 0.2) is 24.8 Å². The van der Waals surface area contributed by atoms with E-state index >= 15 is 0 Å². The van der Waals surface area contributed by atoms with Gasteiger partial charge in [-0.1, -0.05) is 0 Å². The number of anilines is 1. The maximum absolute atomic E-state index is 11.7. The molecule has 2 heterocycles. The van der Waals surface area contributed by atoms with Crippen LogP contribution >= 0.6 is 24.4 Å². The van der Waals surface area contributed by atoms with Crippen LogP contribution in [0.3, 0.4) is 0 Å². The highest BCUT2D eigenvalue weighted by molar-refractivity contribution is 7.92. The van der Waals surface area contributed by atoms with Crippen molar-refractivity contribution in [1.82, 2.24) is 10.6 Å². The predicted octanol–water partition coefficient (Wildman–Crippen LogP) is 1.38.